The molecule has 110 valence electrons. The number of rotatable bonds is 4. The maximum atomic E-state index is 12.1. The molecule has 0 bridgehead atoms. The van der Waals surface area contributed by atoms with Crippen molar-refractivity contribution in [2.75, 3.05) is 11.6 Å². The largest absolute Gasteiger partial charge is 0.480 e. The Hall–Kier alpha value is -1.94. The number of amides is 1. The van der Waals surface area contributed by atoms with Crippen LogP contribution in [0.1, 0.15) is 0 Å². The fourth-order valence-electron chi connectivity index (χ4n) is 1.92. The maximum Gasteiger partial charge on any atom is 0.327 e. The molecule has 8 nitrogen and oxygen atoms in total. The van der Waals surface area contributed by atoms with Crippen molar-refractivity contribution in [2.24, 2.45) is 0 Å². The lowest BCUT2D eigenvalue weighted by Gasteiger charge is -2.19. The highest BCUT2D eigenvalue weighted by molar-refractivity contribution is 7.99. The summed E-state index contributed by atoms with van der Waals surface area (Å²) in [6.07, 6.45) is 0. The van der Waals surface area contributed by atoms with E-state index in [4.69, 9.17) is 5.11 Å². The number of thiophene rings is 1. The van der Waals surface area contributed by atoms with Gasteiger partial charge in [-0.15, -0.1) is 22.0 Å². The predicted molar refractivity (Wildman–Crippen MR) is 76.7 cm³/mol. The van der Waals surface area contributed by atoms with Gasteiger partial charge in [0.1, 0.15) is 12.6 Å². The first kappa shape index (κ1) is 14.0. The van der Waals surface area contributed by atoms with Crippen LogP contribution in [0.15, 0.2) is 16.8 Å². The van der Waals surface area contributed by atoms with Gasteiger partial charge in [0, 0.05) is 16.7 Å². The molecule has 1 atom stereocenters. The summed E-state index contributed by atoms with van der Waals surface area (Å²) in [6, 6.07) is 1.09. The van der Waals surface area contributed by atoms with Gasteiger partial charge in [0.15, 0.2) is 0 Å². The van der Waals surface area contributed by atoms with Gasteiger partial charge in [-0.2, -0.15) is 16.1 Å². The van der Waals surface area contributed by atoms with E-state index >= 15 is 0 Å². The molecule has 1 saturated heterocycles. The molecule has 0 saturated carbocycles. The van der Waals surface area contributed by atoms with Crippen molar-refractivity contribution >= 4 is 35.0 Å². The summed E-state index contributed by atoms with van der Waals surface area (Å²) in [6.45, 7) is -0.110. The monoisotopic (exact) mass is 325 g/mol. The van der Waals surface area contributed by atoms with E-state index in [0.717, 1.165) is 5.56 Å². The zero-order valence-corrected chi connectivity index (χ0v) is 12.4. The van der Waals surface area contributed by atoms with Crippen LogP contribution in [0.4, 0.5) is 0 Å². The molecular formula is C11H11N5O3S2. The lowest BCUT2D eigenvalue weighted by Crippen LogP contribution is -2.43. The molecule has 1 N–H and O–H groups in total. The Kier molecular flexibility index (Phi) is 3.88. The van der Waals surface area contributed by atoms with Crippen LogP contribution in [0.3, 0.4) is 0 Å². The molecule has 2 aromatic heterocycles. The van der Waals surface area contributed by atoms with Crippen molar-refractivity contribution < 1.29 is 14.7 Å². The fraction of sp³-hybridized carbons (Fsp3) is 0.364. The van der Waals surface area contributed by atoms with Crippen molar-refractivity contribution in [2.45, 2.75) is 12.6 Å². The molecule has 0 aliphatic carbocycles. The van der Waals surface area contributed by atoms with E-state index in [9.17, 15) is 9.59 Å². The molecule has 0 radical (unpaired) electrons. The SMILES string of the molecule is O=C(O)C1CSCN1C(=O)Cn1nnc(-c2ccsc2)n1. The number of carboxylic acids is 1. The van der Waals surface area contributed by atoms with Crippen molar-refractivity contribution in [3.05, 3.63) is 16.8 Å². The number of carboxylic acid groups (broad SMARTS) is 1. The van der Waals surface area contributed by atoms with Gasteiger partial charge >= 0.3 is 5.97 Å². The number of aromatic nitrogens is 4. The zero-order valence-electron chi connectivity index (χ0n) is 10.7. The van der Waals surface area contributed by atoms with Gasteiger partial charge < -0.3 is 10.0 Å². The van der Waals surface area contributed by atoms with Crippen LogP contribution >= 0.6 is 23.1 Å². The van der Waals surface area contributed by atoms with Crippen LogP contribution in [0.2, 0.25) is 0 Å². The summed E-state index contributed by atoms with van der Waals surface area (Å²) in [4.78, 5) is 25.7. The second-order valence-electron chi connectivity index (χ2n) is 4.37. The van der Waals surface area contributed by atoms with Crippen molar-refractivity contribution in [3.63, 3.8) is 0 Å². The highest BCUT2D eigenvalue weighted by Crippen LogP contribution is 2.21. The van der Waals surface area contributed by atoms with Gasteiger partial charge in [0.05, 0.1) is 5.88 Å². The first-order chi connectivity index (χ1) is 10.1. The lowest BCUT2D eigenvalue weighted by atomic mass is 10.3. The number of hydrogen-bond acceptors (Lipinski definition) is 7. The Morgan fingerprint density at radius 3 is 3.05 bits per heavy atom. The van der Waals surface area contributed by atoms with Crippen molar-refractivity contribution in [1.29, 1.82) is 0 Å². The minimum atomic E-state index is -0.987. The third-order valence-electron chi connectivity index (χ3n) is 3.00. The molecule has 2 aromatic rings. The number of carbonyl (C=O) groups excluding carboxylic acids is 1. The third kappa shape index (κ3) is 2.90. The number of nitrogens with zero attached hydrogens (tertiary/aromatic N) is 5. The second kappa shape index (κ2) is 5.82. The highest BCUT2D eigenvalue weighted by Gasteiger charge is 2.34. The summed E-state index contributed by atoms with van der Waals surface area (Å²) in [5.74, 6) is -0.0661. The summed E-state index contributed by atoms with van der Waals surface area (Å²) in [5.41, 5.74) is 0.846. The first-order valence-corrected chi connectivity index (χ1v) is 8.15. The second-order valence-corrected chi connectivity index (χ2v) is 6.15. The van der Waals surface area contributed by atoms with E-state index in [1.165, 1.54) is 32.8 Å². The van der Waals surface area contributed by atoms with Crippen LogP contribution in [-0.4, -0.2) is 59.8 Å². The van der Waals surface area contributed by atoms with Crippen LogP contribution in [-0.2, 0) is 16.1 Å². The lowest BCUT2D eigenvalue weighted by molar-refractivity contribution is -0.148. The van der Waals surface area contributed by atoms with Gasteiger partial charge in [-0.3, -0.25) is 4.79 Å². The minimum absolute atomic E-state index is 0.110. The zero-order chi connectivity index (χ0) is 14.8. The van der Waals surface area contributed by atoms with Crippen molar-refractivity contribution in [1.82, 2.24) is 25.1 Å². The van der Waals surface area contributed by atoms with Gasteiger partial charge in [-0.1, -0.05) is 0 Å². The average Bonchev–Trinajstić information content (AvgIpc) is 3.19. The average molecular weight is 325 g/mol. The minimum Gasteiger partial charge on any atom is -0.480 e. The summed E-state index contributed by atoms with van der Waals surface area (Å²) in [7, 11) is 0. The summed E-state index contributed by atoms with van der Waals surface area (Å²) in [5, 5.41) is 24.7. The molecule has 21 heavy (non-hydrogen) atoms. The van der Waals surface area contributed by atoms with Gasteiger partial charge in [0.2, 0.25) is 11.7 Å². The number of thioether (sulfide) groups is 1. The smallest absolute Gasteiger partial charge is 0.327 e. The molecule has 10 heteroatoms. The normalized spacial score (nSPS) is 18.1. The molecule has 0 spiro atoms. The molecule has 1 aliphatic heterocycles. The third-order valence-corrected chi connectivity index (χ3v) is 4.69. The van der Waals surface area contributed by atoms with E-state index in [1.54, 1.807) is 0 Å². The van der Waals surface area contributed by atoms with E-state index in [0.29, 0.717) is 17.5 Å². The Bertz CT molecular complexity index is 657. The van der Waals surface area contributed by atoms with Crippen LogP contribution in [0.5, 0.6) is 0 Å². The van der Waals surface area contributed by atoms with Gasteiger partial charge in [-0.25, -0.2) is 4.79 Å². The Labute approximate surface area is 127 Å². The quantitative estimate of drug-likeness (QED) is 0.867. The summed E-state index contributed by atoms with van der Waals surface area (Å²) >= 11 is 2.94. The topological polar surface area (TPSA) is 101 Å². The molecule has 1 amide bonds. The van der Waals surface area contributed by atoms with E-state index in [-0.39, 0.29) is 12.5 Å². The van der Waals surface area contributed by atoms with Gasteiger partial charge in [-0.05, 0) is 16.7 Å². The van der Waals surface area contributed by atoms with Crippen LogP contribution in [0, 0.1) is 0 Å². The predicted octanol–water partition coefficient (Wildman–Crippen LogP) is 0.388. The first-order valence-electron chi connectivity index (χ1n) is 6.05. The molecule has 1 unspecified atom stereocenters. The number of aliphatic carboxylic acids is 1. The Balaban J connectivity index is 1.69. The van der Waals surface area contributed by atoms with Gasteiger partial charge in [0.25, 0.3) is 0 Å². The molecule has 3 heterocycles. The standard InChI is InChI=1S/C11H11N5O3S2/c17-9(15-6-21-5-8(15)11(18)19)3-16-13-10(12-14-16)7-1-2-20-4-7/h1-2,4,8H,3,5-6H2,(H,18,19). The molecule has 1 aliphatic rings. The van der Waals surface area contributed by atoms with E-state index < -0.39 is 12.0 Å². The molecular weight excluding hydrogens is 314 g/mol. The number of carbonyl (C=O) groups is 2. The molecule has 1 fully saturated rings. The molecule has 3 rings (SSSR count). The van der Waals surface area contributed by atoms with E-state index in [1.807, 2.05) is 16.8 Å². The van der Waals surface area contributed by atoms with Crippen molar-refractivity contribution in [3.8, 4) is 11.4 Å². The Morgan fingerprint density at radius 2 is 2.33 bits per heavy atom. The van der Waals surface area contributed by atoms with Crippen LogP contribution in [0.25, 0.3) is 11.4 Å². The number of tetrazole rings is 1. The maximum absolute atomic E-state index is 12.1. The number of hydrogen-bond donors (Lipinski definition) is 1. The Morgan fingerprint density at radius 1 is 1.48 bits per heavy atom. The molecule has 0 aromatic carbocycles. The highest BCUT2D eigenvalue weighted by atomic mass is 32.2. The summed E-state index contributed by atoms with van der Waals surface area (Å²) < 4.78 is 0. The van der Waals surface area contributed by atoms with Crippen LogP contribution < -0.4 is 0 Å². The fourth-order valence-corrected chi connectivity index (χ4v) is 3.73. The van der Waals surface area contributed by atoms with E-state index in [2.05, 4.69) is 15.4 Å².